The van der Waals surface area contributed by atoms with Crippen molar-refractivity contribution in [3.8, 4) is 11.8 Å². The molecular weight excluding hydrogens is 478 g/mol. The van der Waals surface area contributed by atoms with E-state index in [0.29, 0.717) is 18.7 Å². The van der Waals surface area contributed by atoms with E-state index < -0.39 is 18.0 Å². The Morgan fingerprint density at radius 3 is 2.32 bits per heavy atom. The predicted molar refractivity (Wildman–Crippen MR) is 148 cm³/mol. The molecule has 2 aromatic rings. The van der Waals surface area contributed by atoms with E-state index in [0.717, 1.165) is 31.4 Å². The summed E-state index contributed by atoms with van der Waals surface area (Å²) in [6.07, 6.45) is 4.31. The Hall–Kier alpha value is -3.40. The molecule has 6 heteroatoms. The van der Waals surface area contributed by atoms with E-state index in [-0.39, 0.29) is 22.8 Å². The van der Waals surface area contributed by atoms with Crippen LogP contribution in [0.3, 0.4) is 0 Å². The van der Waals surface area contributed by atoms with Gasteiger partial charge in [-0.15, -0.1) is 0 Å². The van der Waals surface area contributed by atoms with Gasteiger partial charge in [0.25, 0.3) is 0 Å². The number of aliphatic carboxylic acids is 1. The number of aliphatic hydroxyl groups excluding tert-OH is 1. The fourth-order valence-electron chi connectivity index (χ4n) is 5.57. The summed E-state index contributed by atoms with van der Waals surface area (Å²) in [5.74, 6) is 4.18. The molecule has 0 bridgehead atoms. The second-order valence-corrected chi connectivity index (χ2v) is 11.7. The number of hydrogen-bond acceptors (Lipinski definition) is 4. The van der Waals surface area contributed by atoms with Gasteiger partial charge in [0.15, 0.2) is 0 Å². The van der Waals surface area contributed by atoms with Crippen LogP contribution in [0.25, 0.3) is 5.57 Å². The number of aromatic carboxylic acids is 1. The van der Waals surface area contributed by atoms with E-state index in [1.807, 2.05) is 0 Å². The van der Waals surface area contributed by atoms with Crippen molar-refractivity contribution in [1.29, 1.82) is 0 Å². The number of aliphatic hydroxyl groups is 1. The lowest BCUT2D eigenvalue weighted by Gasteiger charge is -2.44. The maximum atomic E-state index is 11.2. The molecule has 38 heavy (non-hydrogen) atoms. The number of hydrogen-bond donors (Lipinski definition) is 3. The van der Waals surface area contributed by atoms with Crippen molar-refractivity contribution in [1.82, 2.24) is 4.90 Å². The molecule has 1 unspecified atom stereocenters. The van der Waals surface area contributed by atoms with Crippen LogP contribution in [-0.4, -0.2) is 51.8 Å². The second kappa shape index (κ2) is 10.8. The number of nitrogens with zero attached hydrogens (tertiary/aromatic N) is 1. The van der Waals surface area contributed by atoms with Gasteiger partial charge in [0.1, 0.15) is 6.10 Å². The molecule has 0 aromatic heterocycles. The largest absolute Gasteiger partial charge is 0.481 e. The number of rotatable bonds is 6. The molecule has 0 spiro atoms. The van der Waals surface area contributed by atoms with Gasteiger partial charge < -0.3 is 15.3 Å². The number of benzene rings is 2. The minimum atomic E-state index is -0.990. The van der Waals surface area contributed by atoms with E-state index in [1.165, 1.54) is 34.4 Å². The van der Waals surface area contributed by atoms with Crippen LogP contribution in [0.4, 0.5) is 0 Å². The van der Waals surface area contributed by atoms with Gasteiger partial charge in [-0.2, -0.15) is 0 Å². The average Bonchev–Trinajstić information content (AvgIpc) is 2.88. The quantitative estimate of drug-likeness (QED) is 0.447. The molecular formula is C32H37NO5. The first-order chi connectivity index (χ1) is 17.9. The van der Waals surface area contributed by atoms with Gasteiger partial charge in [-0.25, -0.2) is 4.79 Å². The van der Waals surface area contributed by atoms with E-state index in [1.54, 1.807) is 12.1 Å². The van der Waals surface area contributed by atoms with Crippen LogP contribution in [0.2, 0.25) is 0 Å². The van der Waals surface area contributed by atoms with Crippen LogP contribution >= 0.6 is 0 Å². The standard InChI is InChI=1S/C32H37NO5/c1-31(2)14-15-32(3,4)29-25(22-11-16-33(17-12-22)18-13-28(35)36)19-24(20-26(29)31)27(34)10-7-21-5-8-23(9-6-21)30(37)38/h5-6,8-9,11,19-20,27,34H,12-18H2,1-4H3,(H,35,36)(H,37,38). The zero-order valence-corrected chi connectivity index (χ0v) is 22.7. The van der Waals surface area contributed by atoms with Gasteiger partial charge in [-0.1, -0.05) is 51.7 Å². The topological polar surface area (TPSA) is 98.1 Å². The minimum Gasteiger partial charge on any atom is -0.481 e. The maximum absolute atomic E-state index is 11.2. The molecule has 0 fully saturated rings. The molecule has 0 radical (unpaired) electrons. The van der Waals surface area contributed by atoms with Crippen molar-refractivity contribution in [3.05, 3.63) is 75.9 Å². The molecule has 6 nitrogen and oxygen atoms in total. The molecule has 4 rings (SSSR count). The summed E-state index contributed by atoms with van der Waals surface area (Å²) in [4.78, 5) is 24.3. The molecule has 1 aliphatic carbocycles. The summed E-state index contributed by atoms with van der Waals surface area (Å²) in [6.45, 7) is 11.2. The number of carboxylic acids is 2. The molecule has 1 heterocycles. The summed E-state index contributed by atoms with van der Waals surface area (Å²) >= 11 is 0. The van der Waals surface area contributed by atoms with E-state index in [2.05, 4.69) is 62.6 Å². The fraction of sp³-hybridized carbons (Fsp3) is 0.438. The predicted octanol–water partition coefficient (Wildman–Crippen LogP) is 5.38. The molecule has 2 aliphatic rings. The monoisotopic (exact) mass is 515 g/mol. The number of carbonyl (C=O) groups is 2. The summed E-state index contributed by atoms with van der Waals surface area (Å²) in [5, 5.41) is 29.3. The minimum absolute atomic E-state index is 0.0114. The molecule has 0 saturated heterocycles. The molecule has 1 aliphatic heterocycles. The molecule has 1 atom stereocenters. The maximum Gasteiger partial charge on any atom is 0.335 e. The van der Waals surface area contributed by atoms with Gasteiger partial charge >= 0.3 is 11.9 Å². The molecule has 0 saturated carbocycles. The third kappa shape index (κ3) is 6.01. The fourth-order valence-corrected chi connectivity index (χ4v) is 5.57. The van der Waals surface area contributed by atoms with Crippen molar-refractivity contribution in [2.75, 3.05) is 19.6 Å². The Kier molecular flexibility index (Phi) is 7.83. The Balaban J connectivity index is 1.72. The van der Waals surface area contributed by atoms with Gasteiger partial charge in [0.05, 0.1) is 12.0 Å². The first-order valence-corrected chi connectivity index (χ1v) is 13.2. The summed E-state index contributed by atoms with van der Waals surface area (Å²) in [5.41, 5.74) is 6.54. The van der Waals surface area contributed by atoms with Gasteiger partial charge in [-0.3, -0.25) is 9.69 Å². The van der Waals surface area contributed by atoms with Gasteiger partial charge in [-0.05, 0) is 88.3 Å². The Morgan fingerprint density at radius 1 is 1.03 bits per heavy atom. The Bertz CT molecular complexity index is 1320. The van der Waals surface area contributed by atoms with Gasteiger partial charge in [0.2, 0.25) is 0 Å². The Labute approximate surface area is 225 Å². The lowest BCUT2D eigenvalue weighted by atomic mass is 9.61. The van der Waals surface area contributed by atoms with Crippen LogP contribution in [0.1, 0.15) is 97.7 Å². The van der Waals surface area contributed by atoms with E-state index in [9.17, 15) is 14.7 Å². The zero-order chi connectivity index (χ0) is 27.7. The molecule has 0 amide bonds. The summed E-state index contributed by atoms with van der Waals surface area (Å²) < 4.78 is 0. The highest BCUT2D eigenvalue weighted by Gasteiger charge is 2.40. The highest BCUT2D eigenvalue weighted by Crippen LogP contribution is 2.49. The number of carboxylic acid groups (broad SMARTS) is 2. The zero-order valence-electron chi connectivity index (χ0n) is 22.7. The second-order valence-electron chi connectivity index (χ2n) is 11.7. The van der Waals surface area contributed by atoms with Crippen LogP contribution < -0.4 is 0 Å². The first-order valence-electron chi connectivity index (χ1n) is 13.2. The van der Waals surface area contributed by atoms with Crippen molar-refractivity contribution < 1.29 is 24.9 Å². The normalized spacial score (nSPS) is 18.9. The smallest absolute Gasteiger partial charge is 0.335 e. The highest BCUT2D eigenvalue weighted by atomic mass is 16.4. The van der Waals surface area contributed by atoms with Gasteiger partial charge in [0, 0.05) is 25.2 Å². The SMILES string of the molecule is CC1(C)CCC(C)(C)c2c(C3=CCN(CCC(=O)O)CC3)cc(C(O)C#Cc3ccc(C(=O)O)cc3)cc21. The summed E-state index contributed by atoms with van der Waals surface area (Å²) in [6, 6.07) is 10.5. The summed E-state index contributed by atoms with van der Waals surface area (Å²) in [7, 11) is 0. The Morgan fingerprint density at radius 2 is 1.71 bits per heavy atom. The molecule has 2 aromatic carbocycles. The van der Waals surface area contributed by atoms with Crippen LogP contribution in [0.5, 0.6) is 0 Å². The average molecular weight is 516 g/mol. The van der Waals surface area contributed by atoms with E-state index in [4.69, 9.17) is 10.2 Å². The third-order valence-electron chi connectivity index (χ3n) is 8.02. The molecule has 3 N–H and O–H groups in total. The van der Waals surface area contributed by atoms with E-state index >= 15 is 0 Å². The lowest BCUT2D eigenvalue weighted by Crippen LogP contribution is -2.36. The van der Waals surface area contributed by atoms with Crippen LogP contribution in [-0.2, 0) is 15.6 Å². The molecule has 200 valence electrons. The van der Waals surface area contributed by atoms with Crippen molar-refractivity contribution in [3.63, 3.8) is 0 Å². The first kappa shape index (κ1) is 27.6. The van der Waals surface area contributed by atoms with Crippen molar-refractivity contribution >= 4 is 17.5 Å². The number of fused-ring (bicyclic) bond motifs is 1. The van der Waals surface area contributed by atoms with Crippen molar-refractivity contribution in [2.45, 2.75) is 70.3 Å². The third-order valence-corrected chi connectivity index (χ3v) is 8.02. The van der Waals surface area contributed by atoms with Crippen LogP contribution in [0.15, 0.2) is 42.5 Å². The highest BCUT2D eigenvalue weighted by molar-refractivity contribution is 5.87. The lowest BCUT2D eigenvalue weighted by molar-refractivity contribution is -0.137. The van der Waals surface area contributed by atoms with Crippen LogP contribution in [0, 0.1) is 11.8 Å². The van der Waals surface area contributed by atoms with Crippen molar-refractivity contribution in [2.24, 2.45) is 0 Å².